The van der Waals surface area contributed by atoms with Crippen molar-refractivity contribution in [3.8, 4) is 0 Å². The smallest absolute Gasteiger partial charge is 0.191 e. The lowest BCUT2D eigenvalue weighted by Crippen LogP contribution is -2.42. The van der Waals surface area contributed by atoms with Gasteiger partial charge in [0.15, 0.2) is 5.96 Å². The molecule has 0 aromatic heterocycles. The molecule has 0 spiro atoms. The van der Waals surface area contributed by atoms with Gasteiger partial charge in [0, 0.05) is 19.6 Å². The lowest BCUT2D eigenvalue weighted by molar-refractivity contribution is 0.613. The molecule has 0 radical (unpaired) electrons. The number of guanidine groups is 1. The van der Waals surface area contributed by atoms with Crippen LogP contribution in [0.5, 0.6) is 0 Å². The summed E-state index contributed by atoms with van der Waals surface area (Å²) in [6.45, 7) is 5.13. The van der Waals surface area contributed by atoms with Crippen molar-refractivity contribution in [3.63, 3.8) is 0 Å². The van der Waals surface area contributed by atoms with Crippen LogP contribution in [0.4, 0.5) is 0 Å². The van der Waals surface area contributed by atoms with E-state index in [1.165, 1.54) is 42.4 Å². The average Bonchev–Trinajstić information content (AvgIpc) is 2.89. The van der Waals surface area contributed by atoms with Crippen molar-refractivity contribution in [2.45, 2.75) is 52.1 Å². The fourth-order valence-electron chi connectivity index (χ4n) is 2.68. The van der Waals surface area contributed by atoms with Crippen molar-refractivity contribution in [2.75, 3.05) is 7.05 Å². The second-order valence-corrected chi connectivity index (χ2v) is 5.48. The van der Waals surface area contributed by atoms with Gasteiger partial charge in [-0.3, -0.25) is 4.99 Å². The lowest BCUT2D eigenvalue weighted by atomic mass is 10.1. The van der Waals surface area contributed by atoms with E-state index in [9.17, 15) is 0 Å². The third-order valence-electron chi connectivity index (χ3n) is 3.86. The standard InChI is InChI=1S/C16H25N3/c1-12-8-9-14(13(2)10-12)11-18-16(17-3)19-15-6-4-5-7-15/h8-10,15H,4-7,11H2,1-3H3,(H2,17,18,19). The maximum Gasteiger partial charge on any atom is 0.191 e. The van der Waals surface area contributed by atoms with Gasteiger partial charge >= 0.3 is 0 Å². The maximum atomic E-state index is 4.31. The van der Waals surface area contributed by atoms with Crippen molar-refractivity contribution in [2.24, 2.45) is 4.99 Å². The summed E-state index contributed by atoms with van der Waals surface area (Å²) in [6.07, 6.45) is 5.21. The molecule has 1 aromatic rings. The summed E-state index contributed by atoms with van der Waals surface area (Å²) in [5.41, 5.74) is 3.98. The summed E-state index contributed by atoms with van der Waals surface area (Å²) >= 11 is 0. The number of nitrogens with zero attached hydrogens (tertiary/aromatic N) is 1. The summed E-state index contributed by atoms with van der Waals surface area (Å²) in [7, 11) is 1.84. The molecule has 0 atom stereocenters. The van der Waals surface area contributed by atoms with Crippen LogP contribution in [0.15, 0.2) is 23.2 Å². The van der Waals surface area contributed by atoms with Crippen molar-refractivity contribution in [1.29, 1.82) is 0 Å². The largest absolute Gasteiger partial charge is 0.354 e. The summed E-state index contributed by atoms with van der Waals surface area (Å²) in [5.74, 6) is 0.923. The molecule has 3 nitrogen and oxygen atoms in total. The minimum absolute atomic E-state index is 0.602. The first-order chi connectivity index (χ1) is 9.19. The van der Waals surface area contributed by atoms with Crippen molar-refractivity contribution in [3.05, 3.63) is 34.9 Å². The van der Waals surface area contributed by atoms with Gasteiger partial charge in [-0.2, -0.15) is 0 Å². The van der Waals surface area contributed by atoms with Gasteiger partial charge in [-0.15, -0.1) is 0 Å². The van der Waals surface area contributed by atoms with Crippen LogP contribution in [0.3, 0.4) is 0 Å². The van der Waals surface area contributed by atoms with Crippen LogP contribution in [-0.2, 0) is 6.54 Å². The zero-order valence-electron chi connectivity index (χ0n) is 12.3. The number of aliphatic imine (C=N–C) groups is 1. The number of benzene rings is 1. The number of nitrogens with one attached hydrogen (secondary N) is 2. The Morgan fingerprint density at radius 3 is 2.63 bits per heavy atom. The Balaban J connectivity index is 1.88. The van der Waals surface area contributed by atoms with E-state index in [0.717, 1.165) is 12.5 Å². The van der Waals surface area contributed by atoms with E-state index < -0.39 is 0 Å². The molecule has 1 aliphatic carbocycles. The van der Waals surface area contributed by atoms with E-state index in [4.69, 9.17) is 0 Å². The number of hydrogen-bond donors (Lipinski definition) is 2. The van der Waals surface area contributed by atoms with Crippen molar-refractivity contribution < 1.29 is 0 Å². The van der Waals surface area contributed by atoms with Crippen molar-refractivity contribution >= 4 is 5.96 Å². The number of rotatable bonds is 3. The van der Waals surface area contributed by atoms with E-state index in [1.54, 1.807) is 0 Å². The Bertz CT molecular complexity index is 445. The van der Waals surface area contributed by atoms with Gasteiger partial charge in [0.2, 0.25) is 0 Å². The molecule has 2 N–H and O–H groups in total. The molecule has 1 aliphatic rings. The molecular weight excluding hydrogens is 234 g/mol. The van der Waals surface area contributed by atoms with Gasteiger partial charge in [-0.1, -0.05) is 36.6 Å². The second-order valence-electron chi connectivity index (χ2n) is 5.48. The highest BCUT2D eigenvalue weighted by Gasteiger charge is 2.15. The SMILES string of the molecule is CN=C(NCc1ccc(C)cc1C)NC1CCCC1. The molecule has 2 rings (SSSR count). The van der Waals surface area contributed by atoms with E-state index >= 15 is 0 Å². The molecule has 0 saturated heterocycles. The minimum atomic E-state index is 0.602. The topological polar surface area (TPSA) is 36.4 Å². The third-order valence-corrected chi connectivity index (χ3v) is 3.86. The molecule has 1 aromatic carbocycles. The first-order valence-corrected chi connectivity index (χ1v) is 7.22. The van der Waals surface area contributed by atoms with Crippen LogP contribution in [0.2, 0.25) is 0 Å². The fraction of sp³-hybridized carbons (Fsp3) is 0.562. The van der Waals surface area contributed by atoms with E-state index in [2.05, 4.69) is 47.7 Å². The van der Waals surface area contributed by atoms with Gasteiger partial charge in [0.25, 0.3) is 0 Å². The summed E-state index contributed by atoms with van der Waals surface area (Å²) in [5, 5.41) is 6.92. The Morgan fingerprint density at radius 1 is 1.26 bits per heavy atom. The Hall–Kier alpha value is -1.51. The quantitative estimate of drug-likeness (QED) is 0.647. The third kappa shape index (κ3) is 3.98. The number of aryl methyl sites for hydroxylation is 2. The Kier molecular flexibility index (Phi) is 4.83. The second kappa shape index (κ2) is 6.60. The van der Waals surface area contributed by atoms with E-state index in [1.807, 2.05) is 7.05 Å². The first kappa shape index (κ1) is 13.9. The minimum Gasteiger partial charge on any atom is -0.354 e. The van der Waals surface area contributed by atoms with Crippen molar-refractivity contribution in [1.82, 2.24) is 10.6 Å². The predicted molar refractivity (Wildman–Crippen MR) is 81.5 cm³/mol. The van der Waals surface area contributed by atoms with Crippen LogP contribution >= 0.6 is 0 Å². The lowest BCUT2D eigenvalue weighted by Gasteiger charge is -2.17. The summed E-state index contributed by atoms with van der Waals surface area (Å²) in [4.78, 5) is 4.31. The van der Waals surface area contributed by atoms with Gasteiger partial charge in [-0.05, 0) is 37.8 Å². The molecule has 0 aliphatic heterocycles. The maximum absolute atomic E-state index is 4.31. The summed E-state index contributed by atoms with van der Waals surface area (Å²) < 4.78 is 0. The van der Waals surface area contributed by atoms with Crippen LogP contribution in [-0.4, -0.2) is 19.0 Å². The highest BCUT2D eigenvalue weighted by molar-refractivity contribution is 5.80. The zero-order valence-corrected chi connectivity index (χ0v) is 12.3. The highest BCUT2D eigenvalue weighted by Crippen LogP contribution is 2.17. The van der Waals surface area contributed by atoms with Gasteiger partial charge in [0.05, 0.1) is 0 Å². The van der Waals surface area contributed by atoms with Crippen LogP contribution < -0.4 is 10.6 Å². The highest BCUT2D eigenvalue weighted by atomic mass is 15.2. The molecule has 3 heteroatoms. The molecule has 0 bridgehead atoms. The predicted octanol–water partition coefficient (Wildman–Crippen LogP) is 2.91. The Labute approximate surface area is 116 Å². The van der Waals surface area contributed by atoms with E-state index in [0.29, 0.717) is 6.04 Å². The van der Waals surface area contributed by atoms with Gasteiger partial charge < -0.3 is 10.6 Å². The molecule has 0 heterocycles. The first-order valence-electron chi connectivity index (χ1n) is 7.22. The summed E-state index contributed by atoms with van der Waals surface area (Å²) in [6, 6.07) is 7.19. The Morgan fingerprint density at radius 2 is 2.00 bits per heavy atom. The molecule has 0 unspecified atom stereocenters. The van der Waals surface area contributed by atoms with Crippen LogP contribution in [0.1, 0.15) is 42.4 Å². The molecular formula is C16H25N3. The monoisotopic (exact) mass is 259 g/mol. The normalized spacial score (nSPS) is 16.7. The van der Waals surface area contributed by atoms with Crippen LogP contribution in [0, 0.1) is 13.8 Å². The van der Waals surface area contributed by atoms with E-state index in [-0.39, 0.29) is 0 Å². The molecule has 1 fully saturated rings. The molecule has 0 amide bonds. The van der Waals surface area contributed by atoms with Gasteiger partial charge in [-0.25, -0.2) is 0 Å². The zero-order chi connectivity index (χ0) is 13.7. The van der Waals surface area contributed by atoms with Gasteiger partial charge in [0.1, 0.15) is 0 Å². The fourth-order valence-corrected chi connectivity index (χ4v) is 2.68. The average molecular weight is 259 g/mol. The number of hydrogen-bond acceptors (Lipinski definition) is 1. The molecule has 1 saturated carbocycles. The molecule has 104 valence electrons. The molecule has 19 heavy (non-hydrogen) atoms. The van der Waals surface area contributed by atoms with Crippen LogP contribution in [0.25, 0.3) is 0 Å².